The molecule has 1 atom stereocenters. The normalized spacial score (nSPS) is 11.9. The average molecular weight is 190 g/mol. The summed E-state index contributed by atoms with van der Waals surface area (Å²) in [5, 5.41) is 8.77. The number of hydrogen-bond donors (Lipinski definition) is 0. The molecule has 1 rings (SSSR count). The molecule has 14 heavy (non-hydrogen) atoms. The van der Waals surface area contributed by atoms with E-state index in [1.807, 2.05) is 43.3 Å². The summed E-state index contributed by atoms with van der Waals surface area (Å²) in [5.74, 6) is 0. The van der Waals surface area contributed by atoms with E-state index >= 15 is 0 Å². The summed E-state index contributed by atoms with van der Waals surface area (Å²) < 4.78 is 5.01. The predicted molar refractivity (Wildman–Crippen MR) is 56.1 cm³/mol. The van der Waals surface area contributed by atoms with Crippen LogP contribution in [0.5, 0.6) is 0 Å². The van der Waals surface area contributed by atoms with Crippen molar-refractivity contribution in [2.24, 2.45) is 0 Å². The summed E-state index contributed by atoms with van der Waals surface area (Å²) in [6.45, 7) is 0. The Hall–Kier alpha value is -1.53. The van der Waals surface area contributed by atoms with Gasteiger partial charge >= 0.3 is 0 Å². The first-order valence-corrected chi connectivity index (χ1v) is 4.38. The van der Waals surface area contributed by atoms with E-state index in [1.54, 1.807) is 0 Å². The molecule has 0 heterocycles. The van der Waals surface area contributed by atoms with Gasteiger partial charge in [-0.15, -0.1) is 0 Å². The van der Waals surface area contributed by atoms with Gasteiger partial charge in [0.05, 0.1) is 6.07 Å². The number of nitrogens with zero attached hydrogens (tertiary/aromatic N) is 2. The Bertz CT molecular complexity index is 324. The fourth-order valence-corrected chi connectivity index (χ4v) is 1.21. The van der Waals surface area contributed by atoms with E-state index in [2.05, 4.69) is 6.07 Å². The number of benzene rings is 1. The number of rotatable bonds is 3. The van der Waals surface area contributed by atoms with E-state index in [0.717, 1.165) is 11.3 Å². The first kappa shape index (κ1) is 10.6. The maximum absolute atomic E-state index is 8.77. The fraction of sp³-hybridized carbons (Fsp3) is 0.364. The molecule has 0 saturated heterocycles. The molecule has 1 aromatic carbocycles. The van der Waals surface area contributed by atoms with Crippen LogP contribution in [0.15, 0.2) is 24.3 Å². The lowest BCUT2D eigenvalue weighted by atomic mass is 10.1. The first-order valence-electron chi connectivity index (χ1n) is 4.38. The standard InChI is InChI=1S/C11H14N2O/c1-13(2)10-6-4-9(5-7-10)11(8-12)14-3/h4-7,11H,1-3H3. The third kappa shape index (κ3) is 2.24. The van der Waals surface area contributed by atoms with E-state index in [4.69, 9.17) is 10.00 Å². The molecular weight excluding hydrogens is 176 g/mol. The van der Waals surface area contributed by atoms with Crippen molar-refractivity contribution in [3.63, 3.8) is 0 Å². The number of hydrogen-bond acceptors (Lipinski definition) is 3. The zero-order valence-corrected chi connectivity index (χ0v) is 8.69. The molecule has 0 saturated carbocycles. The van der Waals surface area contributed by atoms with Crippen molar-refractivity contribution in [3.8, 4) is 6.07 Å². The molecule has 1 unspecified atom stereocenters. The molecule has 74 valence electrons. The number of nitriles is 1. The SMILES string of the molecule is COC(C#N)c1ccc(N(C)C)cc1. The lowest BCUT2D eigenvalue weighted by Crippen LogP contribution is -2.08. The van der Waals surface area contributed by atoms with Crippen LogP contribution in [0.2, 0.25) is 0 Å². The second-order valence-corrected chi connectivity index (χ2v) is 3.23. The summed E-state index contributed by atoms with van der Waals surface area (Å²) >= 11 is 0. The Labute approximate surface area is 84.5 Å². The van der Waals surface area contributed by atoms with Gasteiger partial charge in [0.1, 0.15) is 0 Å². The van der Waals surface area contributed by atoms with Crippen LogP contribution < -0.4 is 4.90 Å². The van der Waals surface area contributed by atoms with Gasteiger partial charge in [-0.3, -0.25) is 0 Å². The molecule has 3 nitrogen and oxygen atoms in total. The van der Waals surface area contributed by atoms with Gasteiger partial charge in [0.15, 0.2) is 6.10 Å². The van der Waals surface area contributed by atoms with Crippen LogP contribution >= 0.6 is 0 Å². The van der Waals surface area contributed by atoms with Gasteiger partial charge in [0.2, 0.25) is 0 Å². The molecule has 0 fully saturated rings. The van der Waals surface area contributed by atoms with Crippen molar-refractivity contribution < 1.29 is 4.74 Å². The fourth-order valence-electron chi connectivity index (χ4n) is 1.21. The summed E-state index contributed by atoms with van der Waals surface area (Å²) in [7, 11) is 5.49. The second-order valence-electron chi connectivity index (χ2n) is 3.23. The van der Waals surface area contributed by atoms with Crippen molar-refractivity contribution in [2.75, 3.05) is 26.1 Å². The Morgan fingerprint density at radius 3 is 2.21 bits per heavy atom. The van der Waals surface area contributed by atoms with Crippen LogP contribution in [0.4, 0.5) is 5.69 Å². The lowest BCUT2D eigenvalue weighted by molar-refractivity contribution is 0.148. The topological polar surface area (TPSA) is 36.3 Å². The zero-order chi connectivity index (χ0) is 10.6. The van der Waals surface area contributed by atoms with Gasteiger partial charge in [-0.1, -0.05) is 12.1 Å². The Morgan fingerprint density at radius 1 is 1.29 bits per heavy atom. The Balaban J connectivity index is 2.88. The van der Waals surface area contributed by atoms with E-state index in [0.29, 0.717) is 0 Å². The summed E-state index contributed by atoms with van der Waals surface area (Å²) in [4.78, 5) is 2.01. The molecule has 0 bridgehead atoms. The van der Waals surface area contributed by atoms with Crippen molar-refractivity contribution in [2.45, 2.75) is 6.10 Å². The van der Waals surface area contributed by atoms with Gasteiger partial charge in [0, 0.05) is 26.9 Å². The van der Waals surface area contributed by atoms with Crippen molar-refractivity contribution in [1.29, 1.82) is 5.26 Å². The molecule has 0 radical (unpaired) electrons. The van der Waals surface area contributed by atoms with Crippen LogP contribution in [0, 0.1) is 11.3 Å². The largest absolute Gasteiger partial charge is 0.378 e. The monoisotopic (exact) mass is 190 g/mol. The molecule has 0 N–H and O–H groups in total. The van der Waals surface area contributed by atoms with Gasteiger partial charge in [-0.25, -0.2) is 0 Å². The number of methoxy groups -OCH3 is 1. The van der Waals surface area contributed by atoms with Crippen molar-refractivity contribution >= 4 is 5.69 Å². The number of anilines is 1. The zero-order valence-electron chi connectivity index (χ0n) is 8.69. The molecule has 0 amide bonds. The van der Waals surface area contributed by atoms with Crippen LogP contribution in [0.3, 0.4) is 0 Å². The summed E-state index contributed by atoms with van der Waals surface area (Å²) in [6, 6.07) is 9.84. The van der Waals surface area contributed by atoms with E-state index < -0.39 is 6.10 Å². The van der Waals surface area contributed by atoms with Gasteiger partial charge < -0.3 is 9.64 Å². The van der Waals surface area contributed by atoms with Gasteiger partial charge in [-0.2, -0.15) is 5.26 Å². The van der Waals surface area contributed by atoms with Crippen LogP contribution in [0.1, 0.15) is 11.7 Å². The van der Waals surface area contributed by atoms with E-state index in [9.17, 15) is 0 Å². The maximum Gasteiger partial charge on any atom is 0.168 e. The predicted octanol–water partition coefficient (Wildman–Crippen LogP) is 1.96. The van der Waals surface area contributed by atoms with Crippen LogP contribution in [0.25, 0.3) is 0 Å². The molecule has 0 spiro atoms. The molecule has 0 aliphatic carbocycles. The molecule has 0 aliphatic rings. The molecule has 3 heteroatoms. The summed E-state index contributed by atoms with van der Waals surface area (Å²) in [6.07, 6.45) is -0.466. The highest BCUT2D eigenvalue weighted by atomic mass is 16.5. The Morgan fingerprint density at radius 2 is 1.86 bits per heavy atom. The third-order valence-electron chi connectivity index (χ3n) is 2.07. The summed E-state index contributed by atoms with van der Waals surface area (Å²) in [5.41, 5.74) is 2.00. The van der Waals surface area contributed by atoms with Crippen molar-refractivity contribution in [3.05, 3.63) is 29.8 Å². The smallest absolute Gasteiger partial charge is 0.168 e. The van der Waals surface area contributed by atoms with Crippen LogP contribution in [-0.2, 0) is 4.74 Å². The number of ether oxygens (including phenoxy) is 1. The minimum Gasteiger partial charge on any atom is -0.378 e. The van der Waals surface area contributed by atoms with Crippen LogP contribution in [-0.4, -0.2) is 21.2 Å². The van der Waals surface area contributed by atoms with Gasteiger partial charge in [0.25, 0.3) is 0 Å². The molecule has 1 aromatic rings. The second kappa shape index (κ2) is 4.64. The minimum absolute atomic E-state index is 0.466. The maximum atomic E-state index is 8.77. The Kier molecular flexibility index (Phi) is 3.49. The van der Waals surface area contributed by atoms with Gasteiger partial charge in [-0.05, 0) is 17.7 Å². The molecular formula is C11H14N2O. The highest BCUT2D eigenvalue weighted by molar-refractivity contribution is 5.46. The van der Waals surface area contributed by atoms with E-state index in [-0.39, 0.29) is 0 Å². The molecule has 0 aliphatic heterocycles. The highest BCUT2D eigenvalue weighted by Crippen LogP contribution is 2.19. The van der Waals surface area contributed by atoms with E-state index in [1.165, 1.54) is 7.11 Å². The van der Waals surface area contributed by atoms with Crippen molar-refractivity contribution in [1.82, 2.24) is 0 Å². The third-order valence-corrected chi connectivity index (χ3v) is 2.07. The lowest BCUT2D eigenvalue weighted by Gasteiger charge is -2.13. The quantitative estimate of drug-likeness (QED) is 0.731. The molecule has 0 aromatic heterocycles. The minimum atomic E-state index is -0.466. The highest BCUT2D eigenvalue weighted by Gasteiger charge is 2.07. The first-order chi connectivity index (χ1) is 6.69. The average Bonchev–Trinajstić information content (AvgIpc) is 2.20.